The second-order valence-corrected chi connectivity index (χ2v) is 4.07. The number of hydrogen-bond acceptors (Lipinski definition) is 2. The molecule has 0 saturated heterocycles. The molecule has 5 heteroatoms. The molecule has 3 nitrogen and oxygen atoms in total. The first-order valence-corrected chi connectivity index (χ1v) is 5.83. The topological polar surface area (TPSA) is 40.5 Å². The molecule has 0 aromatic heterocycles. The highest BCUT2D eigenvalue weighted by Gasteiger charge is 2.26. The minimum Gasteiger partial charge on any atom is -0.480 e. The molecule has 1 unspecified atom stereocenters. The molecule has 1 atom stereocenters. The number of carbonyl (C=O) groups is 1. The van der Waals surface area contributed by atoms with Crippen LogP contribution in [-0.4, -0.2) is 35.0 Å². The fraction of sp³-hybridized carbons (Fsp3) is 0.462. The van der Waals surface area contributed by atoms with Crippen LogP contribution in [0.2, 0.25) is 0 Å². The first-order valence-electron chi connectivity index (χ1n) is 5.83. The van der Waals surface area contributed by atoms with Crippen molar-refractivity contribution < 1.29 is 18.7 Å². The average molecular weight is 257 g/mol. The normalized spacial score (nSPS) is 12.9. The van der Waals surface area contributed by atoms with Gasteiger partial charge in [-0.3, -0.25) is 9.69 Å². The van der Waals surface area contributed by atoms with Gasteiger partial charge in [-0.15, -0.1) is 0 Å². The molecule has 18 heavy (non-hydrogen) atoms. The van der Waals surface area contributed by atoms with Gasteiger partial charge in [-0.05, 0) is 12.0 Å². The van der Waals surface area contributed by atoms with E-state index >= 15 is 0 Å². The van der Waals surface area contributed by atoms with Crippen molar-refractivity contribution in [1.82, 2.24) is 4.90 Å². The SMILES string of the molecule is CCC(C(=O)O)N(Cc1ccccc1)CC(F)F. The first kappa shape index (κ1) is 14.6. The van der Waals surface area contributed by atoms with Gasteiger partial charge >= 0.3 is 5.97 Å². The van der Waals surface area contributed by atoms with E-state index in [1.165, 1.54) is 4.90 Å². The lowest BCUT2D eigenvalue weighted by Gasteiger charge is -2.27. The van der Waals surface area contributed by atoms with Crippen LogP contribution in [0.3, 0.4) is 0 Å². The molecule has 0 bridgehead atoms. The van der Waals surface area contributed by atoms with Crippen molar-refractivity contribution in [2.45, 2.75) is 32.4 Å². The van der Waals surface area contributed by atoms with Gasteiger partial charge in [0.2, 0.25) is 0 Å². The minimum atomic E-state index is -2.54. The fourth-order valence-electron chi connectivity index (χ4n) is 1.89. The maximum Gasteiger partial charge on any atom is 0.320 e. The van der Waals surface area contributed by atoms with Gasteiger partial charge in [-0.1, -0.05) is 37.3 Å². The van der Waals surface area contributed by atoms with Crippen molar-refractivity contribution in [2.75, 3.05) is 6.54 Å². The summed E-state index contributed by atoms with van der Waals surface area (Å²) in [6.07, 6.45) is -2.24. The third-order valence-electron chi connectivity index (χ3n) is 2.71. The molecule has 0 heterocycles. The summed E-state index contributed by atoms with van der Waals surface area (Å²) in [5.41, 5.74) is 0.831. The number of carboxylic acids is 1. The third kappa shape index (κ3) is 4.41. The first-order chi connectivity index (χ1) is 8.54. The zero-order chi connectivity index (χ0) is 13.5. The Morgan fingerprint density at radius 2 is 1.94 bits per heavy atom. The number of alkyl halides is 2. The van der Waals surface area contributed by atoms with Crippen LogP contribution in [-0.2, 0) is 11.3 Å². The lowest BCUT2D eigenvalue weighted by atomic mass is 10.1. The predicted octanol–water partition coefficient (Wildman–Crippen LogP) is 2.62. The predicted molar refractivity (Wildman–Crippen MR) is 64.6 cm³/mol. The monoisotopic (exact) mass is 257 g/mol. The summed E-state index contributed by atoms with van der Waals surface area (Å²) < 4.78 is 25.0. The summed E-state index contributed by atoms with van der Waals surface area (Å²) >= 11 is 0. The maximum absolute atomic E-state index is 12.5. The Morgan fingerprint density at radius 1 is 1.33 bits per heavy atom. The molecular weight excluding hydrogens is 240 g/mol. The molecule has 1 N–H and O–H groups in total. The Bertz CT molecular complexity index is 371. The highest BCUT2D eigenvalue weighted by Crippen LogP contribution is 2.13. The van der Waals surface area contributed by atoms with Crippen molar-refractivity contribution in [3.63, 3.8) is 0 Å². The van der Waals surface area contributed by atoms with E-state index in [9.17, 15) is 13.6 Å². The Balaban J connectivity index is 2.80. The Labute approximate surface area is 105 Å². The van der Waals surface area contributed by atoms with Gasteiger partial charge < -0.3 is 5.11 Å². The Hall–Kier alpha value is -1.49. The molecule has 1 aromatic rings. The molecule has 0 aliphatic heterocycles. The summed E-state index contributed by atoms with van der Waals surface area (Å²) in [5, 5.41) is 9.05. The van der Waals surface area contributed by atoms with Crippen LogP contribution in [0.15, 0.2) is 30.3 Å². The van der Waals surface area contributed by atoms with Crippen molar-refractivity contribution in [3.8, 4) is 0 Å². The van der Waals surface area contributed by atoms with E-state index < -0.39 is 25.0 Å². The van der Waals surface area contributed by atoms with E-state index in [0.717, 1.165) is 5.56 Å². The van der Waals surface area contributed by atoms with E-state index in [1.807, 2.05) is 6.07 Å². The fourth-order valence-corrected chi connectivity index (χ4v) is 1.89. The Kier molecular flexibility index (Phi) is 5.71. The van der Waals surface area contributed by atoms with Crippen LogP contribution >= 0.6 is 0 Å². The highest BCUT2D eigenvalue weighted by molar-refractivity contribution is 5.73. The summed E-state index contributed by atoms with van der Waals surface area (Å²) in [4.78, 5) is 12.4. The van der Waals surface area contributed by atoms with Gasteiger partial charge in [0, 0.05) is 6.54 Å². The lowest BCUT2D eigenvalue weighted by Crippen LogP contribution is -2.42. The van der Waals surface area contributed by atoms with Gasteiger partial charge in [-0.2, -0.15) is 0 Å². The highest BCUT2D eigenvalue weighted by atomic mass is 19.3. The van der Waals surface area contributed by atoms with Gasteiger partial charge in [0.15, 0.2) is 0 Å². The van der Waals surface area contributed by atoms with Crippen LogP contribution in [0.1, 0.15) is 18.9 Å². The number of halogens is 2. The van der Waals surface area contributed by atoms with Gasteiger partial charge in [0.1, 0.15) is 6.04 Å². The summed E-state index contributed by atoms with van der Waals surface area (Å²) in [5.74, 6) is -1.06. The number of nitrogens with zero attached hydrogens (tertiary/aromatic N) is 1. The number of rotatable bonds is 7. The molecule has 0 saturated carbocycles. The van der Waals surface area contributed by atoms with Crippen molar-refractivity contribution in [3.05, 3.63) is 35.9 Å². The smallest absolute Gasteiger partial charge is 0.320 e. The van der Waals surface area contributed by atoms with E-state index in [0.29, 0.717) is 6.42 Å². The van der Waals surface area contributed by atoms with Crippen LogP contribution in [0, 0.1) is 0 Å². The molecular formula is C13H17F2NO2. The maximum atomic E-state index is 12.5. The summed E-state index contributed by atoms with van der Waals surface area (Å²) in [7, 11) is 0. The molecule has 0 radical (unpaired) electrons. The van der Waals surface area contributed by atoms with Crippen LogP contribution < -0.4 is 0 Å². The zero-order valence-electron chi connectivity index (χ0n) is 10.2. The van der Waals surface area contributed by atoms with Crippen LogP contribution in [0.5, 0.6) is 0 Å². The molecule has 0 fully saturated rings. The standard InChI is InChI=1S/C13H17F2NO2/c1-2-11(13(17)18)16(9-12(14)15)8-10-6-4-3-5-7-10/h3-7,11-12H,2,8-9H2,1H3,(H,17,18). The zero-order valence-corrected chi connectivity index (χ0v) is 10.2. The van der Waals surface area contributed by atoms with E-state index in [-0.39, 0.29) is 6.54 Å². The number of aliphatic carboxylic acids is 1. The third-order valence-corrected chi connectivity index (χ3v) is 2.71. The molecule has 0 amide bonds. The van der Waals surface area contributed by atoms with Crippen molar-refractivity contribution >= 4 is 5.97 Å². The van der Waals surface area contributed by atoms with E-state index in [4.69, 9.17) is 5.11 Å². The molecule has 0 aliphatic rings. The van der Waals surface area contributed by atoms with E-state index in [2.05, 4.69) is 0 Å². The van der Waals surface area contributed by atoms with E-state index in [1.54, 1.807) is 31.2 Å². The molecule has 0 aliphatic carbocycles. The second kappa shape index (κ2) is 7.06. The largest absolute Gasteiger partial charge is 0.480 e. The van der Waals surface area contributed by atoms with Gasteiger partial charge in [0.25, 0.3) is 6.43 Å². The van der Waals surface area contributed by atoms with Gasteiger partial charge in [0.05, 0.1) is 6.54 Å². The van der Waals surface area contributed by atoms with Crippen LogP contribution in [0.4, 0.5) is 8.78 Å². The number of hydrogen-bond donors (Lipinski definition) is 1. The second-order valence-electron chi connectivity index (χ2n) is 4.07. The van der Waals surface area contributed by atoms with Crippen LogP contribution in [0.25, 0.3) is 0 Å². The average Bonchev–Trinajstić information content (AvgIpc) is 2.29. The quantitative estimate of drug-likeness (QED) is 0.816. The number of carboxylic acid groups (broad SMARTS) is 1. The van der Waals surface area contributed by atoms with Crippen molar-refractivity contribution in [1.29, 1.82) is 0 Å². The summed E-state index contributed by atoms with van der Waals surface area (Å²) in [6.45, 7) is 1.37. The minimum absolute atomic E-state index is 0.218. The van der Waals surface area contributed by atoms with Crippen molar-refractivity contribution in [2.24, 2.45) is 0 Å². The molecule has 0 spiro atoms. The molecule has 1 rings (SSSR count). The summed E-state index contributed by atoms with van der Waals surface area (Å²) in [6, 6.07) is 8.16. The van der Waals surface area contributed by atoms with Gasteiger partial charge in [-0.25, -0.2) is 8.78 Å². The number of benzene rings is 1. The molecule has 100 valence electrons. The molecule has 1 aromatic carbocycles. The lowest BCUT2D eigenvalue weighted by molar-refractivity contribution is -0.144. The Morgan fingerprint density at radius 3 is 2.39 bits per heavy atom.